The average molecular weight is 304 g/mol. The van der Waals surface area contributed by atoms with Gasteiger partial charge in [-0.3, -0.25) is 19.7 Å². The quantitative estimate of drug-likeness (QED) is 0.802. The Morgan fingerprint density at radius 3 is 2.59 bits per heavy atom. The smallest absolute Gasteiger partial charge is 0.251 e. The van der Waals surface area contributed by atoms with Gasteiger partial charge in [0.2, 0.25) is 11.8 Å². The van der Waals surface area contributed by atoms with E-state index in [0.29, 0.717) is 30.3 Å². The minimum absolute atomic E-state index is 0.235. The SMILES string of the molecule is CC(C)COc1ccc(C(=O)NC2CCC(=O)NC2=O)cc1. The van der Waals surface area contributed by atoms with Crippen LogP contribution in [0.1, 0.15) is 37.0 Å². The molecule has 1 unspecified atom stereocenters. The first kappa shape index (κ1) is 16.0. The van der Waals surface area contributed by atoms with Gasteiger partial charge in [0.25, 0.3) is 5.91 Å². The Morgan fingerprint density at radius 1 is 1.32 bits per heavy atom. The van der Waals surface area contributed by atoms with Crippen LogP contribution in [0.2, 0.25) is 0 Å². The molecular formula is C16H20N2O4. The summed E-state index contributed by atoms with van der Waals surface area (Å²) in [5, 5.41) is 4.84. The number of rotatable bonds is 5. The van der Waals surface area contributed by atoms with Gasteiger partial charge in [0, 0.05) is 12.0 Å². The van der Waals surface area contributed by atoms with Crippen molar-refractivity contribution in [3.05, 3.63) is 29.8 Å². The lowest BCUT2D eigenvalue weighted by Gasteiger charge is -2.21. The van der Waals surface area contributed by atoms with Gasteiger partial charge in [-0.2, -0.15) is 0 Å². The average Bonchev–Trinajstić information content (AvgIpc) is 2.48. The lowest BCUT2D eigenvalue weighted by atomic mass is 10.1. The van der Waals surface area contributed by atoms with E-state index in [2.05, 4.69) is 24.5 Å². The van der Waals surface area contributed by atoms with Crippen LogP contribution >= 0.6 is 0 Å². The zero-order valence-corrected chi connectivity index (χ0v) is 12.7. The first-order valence-electron chi connectivity index (χ1n) is 7.33. The molecule has 2 rings (SSSR count). The van der Waals surface area contributed by atoms with Crippen LogP contribution in [-0.4, -0.2) is 30.4 Å². The molecule has 1 aromatic rings. The molecule has 3 amide bonds. The van der Waals surface area contributed by atoms with Crippen LogP contribution in [0.5, 0.6) is 5.75 Å². The topological polar surface area (TPSA) is 84.5 Å². The van der Waals surface area contributed by atoms with Gasteiger partial charge in [0.05, 0.1) is 6.61 Å². The molecule has 1 heterocycles. The highest BCUT2D eigenvalue weighted by atomic mass is 16.5. The summed E-state index contributed by atoms with van der Waals surface area (Å²) in [4.78, 5) is 34.8. The molecular weight excluding hydrogens is 284 g/mol. The Kier molecular flexibility index (Phi) is 5.14. The van der Waals surface area contributed by atoms with E-state index in [9.17, 15) is 14.4 Å². The summed E-state index contributed by atoms with van der Waals surface area (Å²) in [5.74, 6) is 0.0234. The molecule has 1 aliphatic heterocycles. The zero-order chi connectivity index (χ0) is 16.1. The standard InChI is InChI=1S/C16H20N2O4/c1-10(2)9-22-12-5-3-11(4-6-12)15(20)17-13-7-8-14(19)18-16(13)21/h3-6,10,13H,7-9H2,1-2H3,(H,17,20)(H,18,19,21). The van der Waals surface area contributed by atoms with Crippen LogP contribution in [-0.2, 0) is 9.59 Å². The minimum atomic E-state index is -0.665. The van der Waals surface area contributed by atoms with Gasteiger partial charge in [-0.05, 0) is 36.6 Å². The Balaban J connectivity index is 1.92. The fourth-order valence-corrected chi connectivity index (χ4v) is 2.04. The van der Waals surface area contributed by atoms with Crippen LogP contribution in [0.3, 0.4) is 0 Å². The number of imide groups is 1. The molecule has 0 aliphatic carbocycles. The molecule has 0 bridgehead atoms. The number of amides is 3. The molecule has 1 saturated heterocycles. The highest BCUT2D eigenvalue weighted by molar-refractivity contribution is 6.03. The van der Waals surface area contributed by atoms with Gasteiger partial charge in [0.1, 0.15) is 11.8 Å². The van der Waals surface area contributed by atoms with E-state index in [1.54, 1.807) is 24.3 Å². The van der Waals surface area contributed by atoms with Crippen LogP contribution in [0, 0.1) is 5.92 Å². The molecule has 1 atom stereocenters. The number of hydrogen-bond donors (Lipinski definition) is 2. The number of carbonyl (C=O) groups excluding carboxylic acids is 3. The van der Waals surface area contributed by atoms with E-state index in [1.165, 1.54) is 0 Å². The molecule has 22 heavy (non-hydrogen) atoms. The van der Waals surface area contributed by atoms with Crippen LogP contribution in [0.15, 0.2) is 24.3 Å². The van der Waals surface area contributed by atoms with Gasteiger partial charge >= 0.3 is 0 Å². The molecule has 2 N–H and O–H groups in total. The number of carbonyl (C=O) groups is 3. The highest BCUT2D eigenvalue weighted by Crippen LogP contribution is 2.14. The van der Waals surface area contributed by atoms with Gasteiger partial charge in [-0.15, -0.1) is 0 Å². The number of hydrogen-bond acceptors (Lipinski definition) is 4. The van der Waals surface area contributed by atoms with Gasteiger partial charge in [-0.1, -0.05) is 13.8 Å². The van der Waals surface area contributed by atoms with Crippen molar-refractivity contribution in [3.63, 3.8) is 0 Å². The van der Waals surface area contributed by atoms with Crippen LogP contribution in [0.4, 0.5) is 0 Å². The van der Waals surface area contributed by atoms with E-state index in [0.717, 1.165) is 0 Å². The Labute approximate surface area is 129 Å². The molecule has 0 aromatic heterocycles. The predicted molar refractivity (Wildman–Crippen MR) is 80.4 cm³/mol. The zero-order valence-electron chi connectivity index (χ0n) is 12.7. The summed E-state index contributed by atoms with van der Waals surface area (Å²) >= 11 is 0. The molecule has 1 aliphatic rings. The number of nitrogens with one attached hydrogen (secondary N) is 2. The lowest BCUT2D eigenvalue weighted by Crippen LogP contribution is -2.52. The Morgan fingerprint density at radius 2 is 2.00 bits per heavy atom. The maximum atomic E-state index is 12.1. The summed E-state index contributed by atoms with van der Waals surface area (Å²) in [6.07, 6.45) is 0.560. The number of benzene rings is 1. The second-order valence-electron chi connectivity index (χ2n) is 5.71. The summed E-state index contributed by atoms with van der Waals surface area (Å²) in [6, 6.07) is 6.08. The van der Waals surface area contributed by atoms with Gasteiger partial charge in [-0.25, -0.2) is 0 Å². The first-order chi connectivity index (χ1) is 10.5. The normalized spacial score (nSPS) is 18.0. The van der Waals surface area contributed by atoms with Crippen molar-refractivity contribution in [1.82, 2.24) is 10.6 Å². The van der Waals surface area contributed by atoms with E-state index in [4.69, 9.17) is 4.74 Å². The summed E-state index contributed by atoms with van der Waals surface area (Å²) in [6.45, 7) is 4.73. The summed E-state index contributed by atoms with van der Waals surface area (Å²) in [7, 11) is 0. The van der Waals surface area contributed by atoms with Crippen molar-refractivity contribution in [3.8, 4) is 5.75 Å². The van der Waals surface area contributed by atoms with E-state index in [1.807, 2.05) is 0 Å². The third-order valence-corrected chi connectivity index (χ3v) is 3.24. The van der Waals surface area contributed by atoms with Crippen molar-refractivity contribution in [2.75, 3.05) is 6.61 Å². The van der Waals surface area contributed by atoms with Crippen molar-refractivity contribution < 1.29 is 19.1 Å². The largest absolute Gasteiger partial charge is 0.493 e. The van der Waals surface area contributed by atoms with Crippen molar-refractivity contribution in [1.29, 1.82) is 0 Å². The second kappa shape index (κ2) is 7.06. The summed E-state index contributed by atoms with van der Waals surface area (Å²) in [5.41, 5.74) is 0.446. The highest BCUT2D eigenvalue weighted by Gasteiger charge is 2.27. The fraction of sp³-hybridized carbons (Fsp3) is 0.438. The van der Waals surface area contributed by atoms with Crippen molar-refractivity contribution in [2.24, 2.45) is 5.92 Å². The molecule has 0 spiro atoms. The first-order valence-corrected chi connectivity index (χ1v) is 7.33. The van der Waals surface area contributed by atoms with E-state index < -0.39 is 11.9 Å². The predicted octanol–water partition coefficient (Wildman–Crippen LogP) is 1.26. The summed E-state index contributed by atoms with van der Waals surface area (Å²) < 4.78 is 5.55. The maximum Gasteiger partial charge on any atom is 0.251 e. The second-order valence-corrected chi connectivity index (χ2v) is 5.71. The molecule has 0 saturated carbocycles. The molecule has 1 fully saturated rings. The number of ether oxygens (including phenoxy) is 1. The maximum absolute atomic E-state index is 12.1. The minimum Gasteiger partial charge on any atom is -0.493 e. The van der Waals surface area contributed by atoms with E-state index in [-0.39, 0.29) is 18.2 Å². The van der Waals surface area contributed by atoms with E-state index >= 15 is 0 Å². The molecule has 6 heteroatoms. The van der Waals surface area contributed by atoms with Gasteiger partial charge < -0.3 is 10.1 Å². The van der Waals surface area contributed by atoms with Crippen molar-refractivity contribution in [2.45, 2.75) is 32.7 Å². The van der Waals surface area contributed by atoms with Crippen molar-refractivity contribution >= 4 is 17.7 Å². The Bertz CT molecular complexity index is 566. The van der Waals surface area contributed by atoms with Crippen LogP contribution < -0.4 is 15.4 Å². The van der Waals surface area contributed by atoms with Gasteiger partial charge in [0.15, 0.2) is 0 Å². The third kappa shape index (κ3) is 4.31. The Hall–Kier alpha value is -2.37. The monoisotopic (exact) mass is 304 g/mol. The third-order valence-electron chi connectivity index (χ3n) is 3.24. The van der Waals surface area contributed by atoms with Crippen LogP contribution in [0.25, 0.3) is 0 Å². The number of piperidine rings is 1. The fourth-order valence-electron chi connectivity index (χ4n) is 2.04. The molecule has 118 valence electrons. The molecule has 1 aromatic carbocycles. The molecule has 6 nitrogen and oxygen atoms in total. The lowest BCUT2D eigenvalue weighted by molar-refractivity contribution is -0.134. The molecule has 0 radical (unpaired) electrons.